The van der Waals surface area contributed by atoms with Crippen molar-refractivity contribution in [3.63, 3.8) is 0 Å². The number of nitrogens with two attached hydrogens (primary N) is 1. The number of nitrogens with zero attached hydrogens (tertiary/aromatic N) is 4. The fourth-order valence-electron chi connectivity index (χ4n) is 3.75. The summed E-state index contributed by atoms with van der Waals surface area (Å²) in [5.41, 5.74) is 7.72. The fraction of sp³-hybridized carbons (Fsp3) is 0.333. The third-order valence-electron chi connectivity index (χ3n) is 5.27. The number of benzene rings is 1. The molecule has 0 spiro atoms. The molecule has 1 atom stereocenters. The van der Waals surface area contributed by atoms with Gasteiger partial charge in [0, 0.05) is 26.2 Å². The number of rotatable bonds is 4. The second-order valence-electron chi connectivity index (χ2n) is 7.32. The zero-order chi connectivity index (χ0) is 21.3. The van der Waals surface area contributed by atoms with Crippen LogP contribution in [0.1, 0.15) is 33.6 Å². The first-order valence-corrected chi connectivity index (χ1v) is 10.6. The van der Waals surface area contributed by atoms with Gasteiger partial charge in [-0.2, -0.15) is 5.26 Å². The first kappa shape index (κ1) is 20.1. The Morgan fingerprint density at radius 2 is 2.23 bits per heavy atom. The molecule has 1 aliphatic heterocycles. The molecule has 1 amide bonds. The molecule has 4 rings (SSSR count). The van der Waals surface area contributed by atoms with Crippen molar-refractivity contribution in [1.82, 2.24) is 14.9 Å². The van der Waals surface area contributed by atoms with Crippen LogP contribution in [0.25, 0.3) is 10.2 Å². The lowest BCUT2D eigenvalue weighted by atomic mass is 10.1. The first-order valence-electron chi connectivity index (χ1n) is 9.76. The summed E-state index contributed by atoms with van der Waals surface area (Å²) in [5, 5.41) is 12.0. The highest BCUT2D eigenvalue weighted by molar-refractivity contribution is 7.20. The van der Waals surface area contributed by atoms with Crippen molar-refractivity contribution in [3.05, 3.63) is 56.7 Å². The zero-order valence-electron chi connectivity index (χ0n) is 16.6. The van der Waals surface area contributed by atoms with Crippen molar-refractivity contribution in [2.24, 2.45) is 5.73 Å². The Kier molecular flexibility index (Phi) is 5.53. The number of piperidine rings is 1. The average molecular weight is 423 g/mol. The molecule has 0 aliphatic carbocycles. The summed E-state index contributed by atoms with van der Waals surface area (Å²) in [7, 11) is 1.55. The van der Waals surface area contributed by atoms with E-state index in [0.717, 1.165) is 36.3 Å². The van der Waals surface area contributed by atoms with Gasteiger partial charge in [0.1, 0.15) is 4.70 Å². The Balaban J connectivity index is 1.89. The van der Waals surface area contributed by atoms with Gasteiger partial charge in [0.15, 0.2) is 0 Å². The Morgan fingerprint density at radius 3 is 2.97 bits per heavy atom. The van der Waals surface area contributed by atoms with E-state index in [2.05, 4.69) is 11.4 Å². The minimum atomic E-state index is -0.250. The molecule has 0 bridgehead atoms. The van der Waals surface area contributed by atoms with Gasteiger partial charge in [-0.15, -0.1) is 11.3 Å². The van der Waals surface area contributed by atoms with Crippen LogP contribution in [0, 0.1) is 11.3 Å². The fourth-order valence-corrected chi connectivity index (χ4v) is 4.74. The molecular weight excluding hydrogens is 400 g/mol. The molecule has 0 unspecified atom stereocenters. The van der Waals surface area contributed by atoms with Crippen molar-refractivity contribution in [2.75, 3.05) is 25.0 Å². The van der Waals surface area contributed by atoms with E-state index in [0.29, 0.717) is 33.2 Å². The van der Waals surface area contributed by atoms with Crippen molar-refractivity contribution in [3.8, 4) is 6.07 Å². The number of amides is 1. The van der Waals surface area contributed by atoms with Crippen LogP contribution in [0.4, 0.5) is 5.95 Å². The Labute approximate surface area is 177 Å². The van der Waals surface area contributed by atoms with Crippen molar-refractivity contribution in [2.45, 2.75) is 25.4 Å². The van der Waals surface area contributed by atoms with E-state index in [1.165, 1.54) is 0 Å². The number of nitrogens with one attached hydrogen (secondary N) is 1. The Bertz CT molecular complexity index is 1210. The molecule has 1 saturated heterocycles. The molecule has 3 heterocycles. The lowest BCUT2D eigenvalue weighted by Crippen LogP contribution is -2.45. The molecule has 154 valence electrons. The van der Waals surface area contributed by atoms with Crippen LogP contribution in [-0.2, 0) is 6.54 Å². The summed E-state index contributed by atoms with van der Waals surface area (Å²) in [6.45, 7) is 1.57. The van der Waals surface area contributed by atoms with E-state index in [-0.39, 0.29) is 24.1 Å². The summed E-state index contributed by atoms with van der Waals surface area (Å²) in [6.07, 6.45) is 1.84. The van der Waals surface area contributed by atoms with Crippen molar-refractivity contribution in [1.29, 1.82) is 5.26 Å². The average Bonchev–Trinajstić information content (AvgIpc) is 3.20. The molecule has 1 aromatic carbocycles. The normalized spacial score (nSPS) is 16.4. The molecule has 9 heteroatoms. The van der Waals surface area contributed by atoms with Crippen LogP contribution in [-0.4, -0.2) is 41.6 Å². The van der Waals surface area contributed by atoms with Gasteiger partial charge < -0.3 is 16.0 Å². The molecule has 30 heavy (non-hydrogen) atoms. The van der Waals surface area contributed by atoms with Crippen molar-refractivity contribution < 1.29 is 4.79 Å². The summed E-state index contributed by atoms with van der Waals surface area (Å²) in [4.78, 5) is 32.8. The van der Waals surface area contributed by atoms with E-state index >= 15 is 0 Å². The minimum Gasteiger partial charge on any atom is -0.354 e. The van der Waals surface area contributed by atoms with Gasteiger partial charge >= 0.3 is 0 Å². The maximum absolute atomic E-state index is 13.5. The molecule has 0 saturated carbocycles. The molecule has 0 radical (unpaired) electrons. The van der Waals surface area contributed by atoms with Gasteiger partial charge in [0.05, 0.1) is 28.6 Å². The predicted molar refractivity (Wildman–Crippen MR) is 117 cm³/mol. The summed E-state index contributed by atoms with van der Waals surface area (Å²) >= 11 is 1.13. The lowest BCUT2D eigenvalue weighted by molar-refractivity contribution is 0.0967. The predicted octanol–water partition coefficient (Wildman–Crippen LogP) is 1.67. The Hall–Kier alpha value is -3.22. The van der Waals surface area contributed by atoms with Gasteiger partial charge in [0.2, 0.25) is 5.95 Å². The van der Waals surface area contributed by atoms with Crippen LogP contribution in [0.2, 0.25) is 0 Å². The maximum atomic E-state index is 13.5. The number of hydrogen-bond donors (Lipinski definition) is 2. The quantitative estimate of drug-likeness (QED) is 0.660. The molecule has 2 aromatic heterocycles. The van der Waals surface area contributed by atoms with E-state index in [1.807, 2.05) is 17.0 Å². The second-order valence-corrected chi connectivity index (χ2v) is 8.38. The third kappa shape index (κ3) is 3.67. The number of fused-ring (bicyclic) bond motifs is 1. The highest BCUT2D eigenvalue weighted by Gasteiger charge is 2.24. The van der Waals surface area contributed by atoms with Crippen LogP contribution < -0.4 is 21.5 Å². The molecular formula is C21H22N6O2S. The molecule has 3 aromatic rings. The maximum Gasteiger partial charge on any atom is 0.273 e. The number of nitriles is 1. The molecule has 1 aliphatic rings. The Morgan fingerprint density at radius 1 is 1.43 bits per heavy atom. The van der Waals surface area contributed by atoms with Gasteiger partial charge in [-0.25, -0.2) is 4.98 Å². The summed E-state index contributed by atoms with van der Waals surface area (Å²) < 4.78 is 2.02. The third-order valence-corrected chi connectivity index (χ3v) is 6.38. The van der Waals surface area contributed by atoms with Gasteiger partial charge in [0.25, 0.3) is 11.5 Å². The van der Waals surface area contributed by atoms with Gasteiger partial charge in [-0.3, -0.25) is 14.2 Å². The van der Waals surface area contributed by atoms with Gasteiger partial charge in [-0.05, 0) is 30.5 Å². The van der Waals surface area contributed by atoms with E-state index < -0.39 is 0 Å². The topological polar surface area (TPSA) is 117 Å². The van der Waals surface area contributed by atoms with Crippen LogP contribution in [0.3, 0.4) is 0 Å². The SMILES string of the molecule is CNC(=O)c1cc2nc(N3CCC[C@@H](N)C3)n(Cc3ccccc3C#N)c(=O)c2s1. The first-order chi connectivity index (χ1) is 14.5. The molecule has 3 N–H and O–H groups in total. The van der Waals surface area contributed by atoms with Gasteiger partial charge in [-0.1, -0.05) is 18.2 Å². The number of thiophene rings is 1. The highest BCUT2D eigenvalue weighted by atomic mass is 32.1. The van der Waals surface area contributed by atoms with E-state index in [4.69, 9.17) is 10.7 Å². The number of carbonyl (C=O) groups excluding carboxylic acids is 1. The van der Waals surface area contributed by atoms with Crippen LogP contribution >= 0.6 is 11.3 Å². The zero-order valence-corrected chi connectivity index (χ0v) is 17.4. The minimum absolute atomic E-state index is 0.00935. The molecule has 1 fully saturated rings. The largest absolute Gasteiger partial charge is 0.354 e. The van der Waals surface area contributed by atoms with E-state index in [1.54, 1.807) is 29.8 Å². The van der Waals surface area contributed by atoms with Crippen molar-refractivity contribution >= 4 is 33.4 Å². The lowest BCUT2D eigenvalue weighted by Gasteiger charge is -2.33. The highest BCUT2D eigenvalue weighted by Crippen LogP contribution is 2.26. The number of hydrogen-bond acceptors (Lipinski definition) is 7. The molecule has 8 nitrogen and oxygen atoms in total. The summed E-state index contributed by atoms with van der Waals surface area (Å²) in [5.74, 6) is 0.275. The standard InChI is InChI=1S/C21H22N6O2S/c1-24-19(28)17-9-16-18(30-17)20(29)27(11-14-6-3-2-5-13(14)10-22)21(25-16)26-8-4-7-15(23)12-26/h2-3,5-6,9,15H,4,7-8,11-12,23H2,1H3,(H,24,28)/t15-/m1/s1. The summed E-state index contributed by atoms with van der Waals surface area (Å²) in [6, 6.07) is 11.1. The monoisotopic (exact) mass is 422 g/mol. The smallest absolute Gasteiger partial charge is 0.273 e. The number of aromatic nitrogens is 2. The number of anilines is 1. The van der Waals surface area contributed by atoms with E-state index in [9.17, 15) is 14.9 Å². The van der Waals surface area contributed by atoms with Crippen LogP contribution in [0.5, 0.6) is 0 Å². The number of carbonyl (C=O) groups is 1. The van der Waals surface area contributed by atoms with Crippen LogP contribution in [0.15, 0.2) is 35.1 Å². The second kappa shape index (κ2) is 8.26.